The summed E-state index contributed by atoms with van der Waals surface area (Å²) in [5.74, 6) is 0. The molecule has 1 heterocycles. The summed E-state index contributed by atoms with van der Waals surface area (Å²) in [6.45, 7) is 3.83. The second kappa shape index (κ2) is 6.44. The largest absolute Gasteiger partial charge is 0.375 e. The number of aromatic nitrogens is 1. The van der Waals surface area contributed by atoms with E-state index in [0.29, 0.717) is 0 Å². The van der Waals surface area contributed by atoms with Crippen LogP contribution in [-0.4, -0.2) is 15.8 Å². The fraction of sp³-hybridized carbons (Fsp3) is 0.154. The van der Waals surface area contributed by atoms with E-state index in [-0.39, 0.29) is 5.11 Å². The molecule has 0 spiro atoms. The van der Waals surface area contributed by atoms with E-state index < -0.39 is 0 Å². The smallest absolute Gasteiger partial charge is 0.188 e. The average Bonchev–Trinajstić information content (AvgIpc) is 2.78. The van der Waals surface area contributed by atoms with Gasteiger partial charge in [-0.2, -0.15) is 5.10 Å². The van der Waals surface area contributed by atoms with Gasteiger partial charge < -0.3 is 11.1 Å². The average molecular weight is 305 g/mol. The number of hydrazone groups is 1. The molecular formula is C13H15N5S2. The number of hydrogen-bond donors (Lipinski definition) is 3. The Labute approximate surface area is 126 Å². The highest BCUT2D eigenvalue weighted by Crippen LogP contribution is 2.26. The van der Waals surface area contributed by atoms with Gasteiger partial charge in [-0.3, -0.25) is 5.43 Å². The van der Waals surface area contributed by atoms with E-state index in [0.717, 1.165) is 27.1 Å². The summed E-state index contributed by atoms with van der Waals surface area (Å²) < 4.78 is 0. The molecule has 4 N–H and O–H groups in total. The van der Waals surface area contributed by atoms with Crippen molar-refractivity contribution >= 4 is 45.2 Å². The van der Waals surface area contributed by atoms with E-state index in [1.165, 1.54) is 11.3 Å². The third-order valence-corrected chi connectivity index (χ3v) is 3.76. The highest BCUT2D eigenvalue weighted by molar-refractivity contribution is 7.80. The van der Waals surface area contributed by atoms with Crippen molar-refractivity contribution < 1.29 is 0 Å². The number of nitrogens with one attached hydrogen (secondary N) is 2. The zero-order chi connectivity index (χ0) is 14.5. The fourth-order valence-electron chi connectivity index (χ4n) is 1.62. The molecule has 0 saturated heterocycles. The monoisotopic (exact) mass is 305 g/mol. The van der Waals surface area contributed by atoms with Crippen LogP contribution < -0.4 is 16.5 Å². The van der Waals surface area contributed by atoms with Crippen LogP contribution in [0.1, 0.15) is 17.5 Å². The molecule has 0 atom stereocenters. The van der Waals surface area contributed by atoms with Gasteiger partial charge in [0.25, 0.3) is 0 Å². The van der Waals surface area contributed by atoms with Gasteiger partial charge >= 0.3 is 0 Å². The van der Waals surface area contributed by atoms with Crippen LogP contribution in [-0.2, 0) is 0 Å². The molecule has 20 heavy (non-hydrogen) atoms. The van der Waals surface area contributed by atoms with E-state index in [2.05, 4.69) is 20.8 Å². The lowest BCUT2D eigenvalue weighted by Crippen LogP contribution is -2.25. The lowest BCUT2D eigenvalue weighted by Gasteiger charge is -2.00. The molecule has 7 heteroatoms. The van der Waals surface area contributed by atoms with Gasteiger partial charge in [-0.1, -0.05) is 29.5 Å². The standard InChI is InChI=1S/C13H15N5S2/c1-8-11(9(2)17-18-12(14)19)20-13(15-8)16-10-6-4-3-5-7-10/h3-7H,1-2H3,(H,15,16)(H3,14,18,19)/b17-9-. The molecule has 0 unspecified atom stereocenters. The molecule has 5 nitrogen and oxygen atoms in total. The maximum Gasteiger partial charge on any atom is 0.188 e. The zero-order valence-corrected chi connectivity index (χ0v) is 12.8. The number of hydrogen-bond acceptors (Lipinski definition) is 5. The Balaban J connectivity index is 2.17. The van der Waals surface area contributed by atoms with Crippen LogP contribution in [0.5, 0.6) is 0 Å². The number of anilines is 2. The van der Waals surface area contributed by atoms with Crippen LogP contribution in [0.2, 0.25) is 0 Å². The van der Waals surface area contributed by atoms with E-state index >= 15 is 0 Å². The second-order valence-corrected chi connectivity index (χ2v) is 5.54. The predicted octanol–water partition coefficient (Wildman–Crippen LogP) is 2.75. The van der Waals surface area contributed by atoms with Crippen molar-refractivity contribution in [3.05, 3.63) is 40.9 Å². The van der Waals surface area contributed by atoms with Crippen LogP contribution in [0.15, 0.2) is 35.4 Å². The molecule has 2 aromatic rings. The number of aryl methyl sites for hydroxylation is 1. The summed E-state index contributed by atoms with van der Waals surface area (Å²) in [5.41, 5.74) is 10.7. The van der Waals surface area contributed by atoms with Gasteiger partial charge in [0.15, 0.2) is 10.2 Å². The van der Waals surface area contributed by atoms with Crippen LogP contribution in [0, 0.1) is 6.92 Å². The summed E-state index contributed by atoms with van der Waals surface area (Å²) in [5, 5.41) is 8.36. The van der Waals surface area contributed by atoms with Crippen LogP contribution in [0.4, 0.5) is 10.8 Å². The van der Waals surface area contributed by atoms with Crippen molar-refractivity contribution in [3.63, 3.8) is 0 Å². The molecule has 1 aromatic heterocycles. The Kier molecular flexibility index (Phi) is 4.65. The minimum absolute atomic E-state index is 0.147. The summed E-state index contributed by atoms with van der Waals surface area (Å²) in [7, 11) is 0. The number of nitrogens with two attached hydrogens (primary N) is 1. The summed E-state index contributed by atoms with van der Waals surface area (Å²) in [6.07, 6.45) is 0. The van der Waals surface area contributed by atoms with Crippen molar-refractivity contribution in [1.82, 2.24) is 10.4 Å². The molecule has 0 saturated carbocycles. The number of para-hydroxylation sites is 1. The first-order valence-corrected chi connectivity index (χ1v) is 7.18. The first-order chi connectivity index (χ1) is 9.56. The zero-order valence-electron chi connectivity index (χ0n) is 11.2. The maximum absolute atomic E-state index is 5.35. The van der Waals surface area contributed by atoms with Gasteiger partial charge in [0.1, 0.15) is 0 Å². The van der Waals surface area contributed by atoms with Crippen molar-refractivity contribution in [1.29, 1.82) is 0 Å². The molecule has 0 amide bonds. The van der Waals surface area contributed by atoms with Crippen molar-refractivity contribution in [2.75, 3.05) is 5.32 Å². The molecular weight excluding hydrogens is 290 g/mol. The molecule has 2 rings (SSSR count). The molecule has 0 aliphatic rings. The number of nitrogens with zero attached hydrogens (tertiary/aromatic N) is 2. The number of rotatable bonds is 4. The topological polar surface area (TPSA) is 75.3 Å². The first kappa shape index (κ1) is 14.4. The summed E-state index contributed by atoms with van der Waals surface area (Å²) in [6, 6.07) is 9.91. The SMILES string of the molecule is C/C(=N/NC(N)=S)c1sc(Nc2ccccc2)nc1C. The van der Waals surface area contributed by atoms with Crippen LogP contribution in [0.3, 0.4) is 0 Å². The van der Waals surface area contributed by atoms with Gasteiger partial charge in [-0.05, 0) is 38.2 Å². The number of benzene rings is 1. The molecule has 0 aliphatic carbocycles. The fourth-order valence-corrected chi connectivity index (χ4v) is 2.60. The quantitative estimate of drug-likeness (QED) is 0.460. The van der Waals surface area contributed by atoms with Gasteiger partial charge in [0.05, 0.1) is 16.3 Å². The van der Waals surface area contributed by atoms with E-state index in [1.54, 1.807) is 0 Å². The molecule has 0 radical (unpaired) electrons. The summed E-state index contributed by atoms with van der Waals surface area (Å²) >= 11 is 6.26. The first-order valence-electron chi connectivity index (χ1n) is 5.96. The second-order valence-electron chi connectivity index (χ2n) is 4.10. The van der Waals surface area contributed by atoms with Gasteiger partial charge in [0.2, 0.25) is 0 Å². The third-order valence-electron chi connectivity index (χ3n) is 2.48. The number of thiazole rings is 1. The minimum Gasteiger partial charge on any atom is -0.375 e. The van der Waals surface area contributed by atoms with Gasteiger partial charge in [0, 0.05) is 5.69 Å². The lowest BCUT2D eigenvalue weighted by atomic mass is 10.3. The Morgan fingerprint density at radius 3 is 2.70 bits per heavy atom. The van der Waals surface area contributed by atoms with Crippen molar-refractivity contribution in [3.8, 4) is 0 Å². The molecule has 0 bridgehead atoms. The Morgan fingerprint density at radius 2 is 2.05 bits per heavy atom. The maximum atomic E-state index is 5.35. The highest BCUT2D eigenvalue weighted by atomic mass is 32.1. The molecule has 0 fully saturated rings. The number of thiocarbonyl (C=S) groups is 1. The summed E-state index contributed by atoms with van der Waals surface area (Å²) in [4.78, 5) is 5.48. The Bertz CT molecular complexity index is 633. The van der Waals surface area contributed by atoms with Crippen LogP contribution in [0.25, 0.3) is 0 Å². The minimum atomic E-state index is 0.147. The molecule has 1 aromatic carbocycles. The predicted molar refractivity (Wildman–Crippen MR) is 88.7 cm³/mol. The van der Waals surface area contributed by atoms with E-state index in [4.69, 9.17) is 18.0 Å². The van der Waals surface area contributed by atoms with E-state index in [9.17, 15) is 0 Å². The third kappa shape index (κ3) is 3.75. The van der Waals surface area contributed by atoms with Gasteiger partial charge in [-0.25, -0.2) is 4.98 Å². The van der Waals surface area contributed by atoms with Gasteiger partial charge in [-0.15, -0.1) is 0 Å². The normalized spacial score (nSPS) is 11.2. The Hall–Kier alpha value is -1.99. The Morgan fingerprint density at radius 1 is 1.35 bits per heavy atom. The highest BCUT2D eigenvalue weighted by Gasteiger charge is 2.10. The van der Waals surface area contributed by atoms with Crippen molar-refractivity contribution in [2.24, 2.45) is 10.8 Å². The molecule has 0 aliphatic heterocycles. The van der Waals surface area contributed by atoms with E-state index in [1.807, 2.05) is 44.2 Å². The van der Waals surface area contributed by atoms with Crippen LogP contribution >= 0.6 is 23.6 Å². The lowest BCUT2D eigenvalue weighted by molar-refractivity contribution is 1.03. The molecule has 104 valence electrons. The van der Waals surface area contributed by atoms with Crippen molar-refractivity contribution in [2.45, 2.75) is 13.8 Å².